The molecule has 0 unspecified atom stereocenters. The van der Waals surface area contributed by atoms with E-state index < -0.39 is 0 Å². The van der Waals surface area contributed by atoms with Gasteiger partial charge >= 0.3 is 0 Å². The SMILES string of the molecule is COCCNCCNC(=O)CN1CCN(Cc2ccccc2)CC1. The number of carbonyl (C=O) groups is 1. The Hall–Kier alpha value is -1.47. The van der Waals surface area contributed by atoms with E-state index in [4.69, 9.17) is 4.74 Å². The molecule has 0 atom stereocenters. The number of ether oxygens (including phenoxy) is 1. The highest BCUT2D eigenvalue weighted by atomic mass is 16.5. The number of piperazine rings is 1. The Balaban J connectivity index is 1.55. The summed E-state index contributed by atoms with van der Waals surface area (Å²) in [6, 6.07) is 10.5. The quantitative estimate of drug-likeness (QED) is 0.597. The van der Waals surface area contributed by atoms with Crippen LogP contribution >= 0.6 is 0 Å². The topological polar surface area (TPSA) is 56.8 Å². The molecule has 1 aromatic rings. The average Bonchev–Trinajstić information content (AvgIpc) is 2.61. The number of rotatable bonds is 10. The van der Waals surface area contributed by atoms with Gasteiger partial charge in [0.05, 0.1) is 13.2 Å². The lowest BCUT2D eigenvalue weighted by Gasteiger charge is -2.34. The zero-order chi connectivity index (χ0) is 17.0. The maximum absolute atomic E-state index is 12.0. The Morgan fingerprint density at radius 1 is 1.04 bits per heavy atom. The second-order valence-electron chi connectivity index (χ2n) is 6.13. The lowest BCUT2D eigenvalue weighted by molar-refractivity contribution is -0.122. The summed E-state index contributed by atoms with van der Waals surface area (Å²) in [7, 11) is 1.68. The highest BCUT2D eigenvalue weighted by Gasteiger charge is 2.18. The van der Waals surface area contributed by atoms with E-state index in [-0.39, 0.29) is 5.91 Å². The molecule has 6 heteroatoms. The molecule has 0 saturated carbocycles. The van der Waals surface area contributed by atoms with Crippen LogP contribution in [0.4, 0.5) is 0 Å². The smallest absolute Gasteiger partial charge is 0.234 e. The highest BCUT2D eigenvalue weighted by Crippen LogP contribution is 2.08. The summed E-state index contributed by atoms with van der Waals surface area (Å²) >= 11 is 0. The highest BCUT2D eigenvalue weighted by molar-refractivity contribution is 5.78. The molecular formula is C18H30N4O2. The molecule has 1 aliphatic heterocycles. The molecule has 6 nitrogen and oxygen atoms in total. The maximum atomic E-state index is 12.0. The van der Waals surface area contributed by atoms with Crippen molar-refractivity contribution in [2.45, 2.75) is 6.54 Å². The summed E-state index contributed by atoms with van der Waals surface area (Å²) in [5.74, 6) is 0.111. The molecule has 2 rings (SSSR count). The summed E-state index contributed by atoms with van der Waals surface area (Å²) in [5, 5.41) is 6.17. The predicted molar refractivity (Wildman–Crippen MR) is 95.9 cm³/mol. The molecule has 134 valence electrons. The first-order valence-corrected chi connectivity index (χ1v) is 8.73. The number of hydrogen-bond acceptors (Lipinski definition) is 5. The van der Waals surface area contributed by atoms with Crippen LogP contribution in [0.3, 0.4) is 0 Å². The van der Waals surface area contributed by atoms with Gasteiger partial charge in [-0.05, 0) is 5.56 Å². The van der Waals surface area contributed by atoms with Crippen LogP contribution in [0.1, 0.15) is 5.56 Å². The summed E-state index contributed by atoms with van der Waals surface area (Å²) in [6.45, 7) is 8.37. The van der Waals surface area contributed by atoms with Crippen LogP contribution in [0.25, 0.3) is 0 Å². The van der Waals surface area contributed by atoms with Gasteiger partial charge in [-0.25, -0.2) is 0 Å². The van der Waals surface area contributed by atoms with Crippen molar-refractivity contribution in [3.8, 4) is 0 Å². The van der Waals surface area contributed by atoms with Gasteiger partial charge in [0, 0.05) is 59.5 Å². The van der Waals surface area contributed by atoms with Crippen LogP contribution in [0, 0.1) is 0 Å². The third-order valence-corrected chi connectivity index (χ3v) is 4.19. The van der Waals surface area contributed by atoms with E-state index in [0.29, 0.717) is 19.7 Å². The van der Waals surface area contributed by atoms with Crippen molar-refractivity contribution in [2.24, 2.45) is 0 Å². The number of benzene rings is 1. The lowest BCUT2D eigenvalue weighted by Crippen LogP contribution is -2.49. The largest absolute Gasteiger partial charge is 0.383 e. The molecule has 1 heterocycles. The van der Waals surface area contributed by atoms with Gasteiger partial charge in [0.25, 0.3) is 0 Å². The van der Waals surface area contributed by atoms with Crippen molar-refractivity contribution in [1.29, 1.82) is 0 Å². The molecule has 1 aliphatic rings. The van der Waals surface area contributed by atoms with E-state index in [0.717, 1.165) is 45.8 Å². The summed E-state index contributed by atoms with van der Waals surface area (Å²) in [5.41, 5.74) is 1.35. The number of amides is 1. The molecule has 0 bridgehead atoms. The van der Waals surface area contributed by atoms with Crippen molar-refractivity contribution >= 4 is 5.91 Å². The zero-order valence-corrected chi connectivity index (χ0v) is 14.7. The first kappa shape index (κ1) is 18.9. The Kier molecular flexibility index (Phi) is 8.76. The second kappa shape index (κ2) is 11.1. The molecule has 24 heavy (non-hydrogen) atoms. The zero-order valence-electron chi connectivity index (χ0n) is 14.7. The molecule has 0 aromatic heterocycles. The van der Waals surface area contributed by atoms with Gasteiger partial charge in [0.2, 0.25) is 5.91 Å². The van der Waals surface area contributed by atoms with Gasteiger partial charge in [-0.1, -0.05) is 30.3 Å². The fourth-order valence-electron chi connectivity index (χ4n) is 2.80. The normalized spacial score (nSPS) is 16.2. The third kappa shape index (κ3) is 7.40. The molecule has 1 aromatic carbocycles. The van der Waals surface area contributed by atoms with Gasteiger partial charge in [-0.15, -0.1) is 0 Å². The average molecular weight is 334 g/mol. The van der Waals surface area contributed by atoms with Crippen LogP contribution in [-0.4, -0.2) is 81.8 Å². The first-order valence-electron chi connectivity index (χ1n) is 8.73. The lowest BCUT2D eigenvalue weighted by atomic mass is 10.2. The van der Waals surface area contributed by atoms with E-state index in [2.05, 4.69) is 44.7 Å². The Labute approximate surface area is 145 Å². The van der Waals surface area contributed by atoms with Gasteiger partial charge in [0.1, 0.15) is 0 Å². The minimum Gasteiger partial charge on any atom is -0.383 e. The van der Waals surface area contributed by atoms with E-state index >= 15 is 0 Å². The van der Waals surface area contributed by atoms with Crippen molar-refractivity contribution in [3.63, 3.8) is 0 Å². The van der Waals surface area contributed by atoms with Crippen LogP contribution in [0.5, 0.6) is 0 Å². The number of nitrogens with one attached hydrogen (secondary N) is 2. The fourth-order valence-corrected chi connectivity index (χ4v) is 2.80. The Morgan fingerprint density at radius 3 is 2.46 bits per heavy atom. The first-order chi connectivity index (χ1) is 11.8. The van der Waals surface area contributed by atoms with Gasteiger partial charge in [-0.2, -0.15) is 0 Å². The summed E-state index contributed by atoms with van der Waals surface area (Å²) < 4.78 is 4.96. The number of hydrogen-bond donors (Lipinski definition) is 2. The standard InChI is InChI=1S/C18H30N4O2/c1-24-14-9-19-7-8-20-18(23)16-22-12-10-21(11-13-22)15-17-5-3-2-4-6-17/h2-6,19H,7-16H2,1H3,(H,20,23). The molecule has 1 saturated heterocycles. The van der Waals surface area contributed by atoms with Crippen molar-refractivity contribution in [1.82, 2.24) is 20.4 Å². The monoisotopic (exact) mass is 334 g/mol. The van der Waals surface area contributed by atoms with E-state index in [1.54, 1.807) is 7.11 Å². The van der Waals surface area contributed by atoms with Crippen molar-refractivity contribution < 1.29 is 9.53 Å². The van der Waals surface area contributed by atoms with Crippen molar-refractivity contribution in [3.05, 3.63) is 35.9 Å². The summed E-state index contributed by atoms with van der Waals surface area (Å²) in [6.07, 6.45) is 0. The maximum Gasteiger partial charge on any atom is 0.234 e. The molecule has 2 N–H and O–H groups in total. The van der Waals surface area contributed by atoms with Crippen LogP contribution in [0.2, 0.25) is 0 Å². The van der Waals surface area contributed by atoms with Crippen LogP contribution < -0.4 is 10.6 Å². The molecule has 0 aliphatic carbocycles. The number of nitrogens with zero attached hydrogens (tertiary/aromatic N) is 2. The molecule has 1 amide bonds. The van der Waals surface area contributed by atoms with Crippen LogP contribution in [-0.2, 0) is 16.1 Å². The molecule has 0 radical (unpaired) electrons. The van der Waals surface area contributed by atoms with Gasteiger partial charge < -0.3 is 15.4 Å². The van der Waals surface area contributed by atoms with Crippen LogP contribution in [0.15, 0.2) is 30.3 Å². The van der Waals surface area contributed by atoms with Gasteiger partial charge in [0.15, 0.2) is 0 Å². The Morgan fingerprint density at radius 2 is 1.75 bits per heavy atom. The minimum absolute atomic E-state index is 0.111. The predicted octanol–water partition coefficient (Wildman–Crippen LogP) is 0.156. The number of carbonyl (C=O) groups excluding carboxylic acids is 1. The number of methoxy groups -OCH3 is 1. The van der Waals surface area contributed by atoms with E-state index in [9.17, 15) is 4.79 Å². The molecule has 0 spiro atoms. The van der Waals surface area contributed by atoms with E-state index in [1.165, 1.54) is 5.56 Å². The van der Waals surface area contributed by atoms with E-state index in [1.807, 2.05) is 6.07 Å². The van der Waals surface area contributed by atoms with Crippen molar-refractivity contribution in [2.75, 3.05) is 66.1 Å². The Bertz CT molecular complexity index is 461. The molecular weight excluding hydrogens is 304 g/mol. The summed E-state index contributed by atoms with van der Waals surface area (Å²) in [4.78, 5) is 16.6. The third-order valence-electron chi connectivity index (χ3n) is 4.19. The van der Waals surface area contributed by atoms with Gasteiger partial charge in [-0.3, -0.25) is 14.6 Å². The second-order valence-corrected chi connectivity index (χ2v) is 6.13. The fraction of sp³-hybridized carbons (Fsp3) is 0.611. The minimum atomic E-state index is 0.111. The molecule has 1 fully saturated rings.